The van der Waals surface area contributed by atoms with Gasteiger partial charge in [-0.2, -0.15) is 0 Å². The molecular formula is C15H19ClO4. The number of hydrogen-bond donors (Lipinski definition) is 2. The van der Waals surface area contributed by atoms with Gasteiger partial charge in [0.15, 0.2) is 11.5 Å². The summed E-state index contributed by atoms with van der Waals surface area (Å²) in [6, 6.07) is 1.62. The monoisotopic (exact) mass is 298 g/mol. The Bertz CT molecular complexity index is 533. The Labute approximate surface area is 123 Å². The number of methoxy groups -OCH3 is 1. The van der Waals surface area contributed by atoms with E-state index in [4.69, 9.17) is 16.3 Å². The number of aromatic hydroxyl groups is 1. The van der Waals surface area contributed by atoms with Gasteiger partial charge < -0.3 is 14.9 Å². The first-order valence-corrected chi connectivity index (χ1v) is 7.12. The van der Waals surface area contributed by atoms with Crippen molar-refractivity contribution < 1.29 is 19.7 Å². The Kier molecular flexibility index (Phi) is 4.14. The van der Waals surface area contributed by atoms with Crippen LogP contribution in [0.1, 0.15) is 43.2 Å². The zero-order chi connectivity index (χ0) is 14.9. The lowest BCUT2D eigenvalue weighted by molar-refractivity contribution is -0.145. The van der Waals surface area contributed by atoms with Crippen molar-refractivity contribution in [1.29, 1.82) is 0 Å². The second-order valence-electron chi connectivity index (χ2n) is 5.38. The predicted molar refractivity (Wildman–Crippen MR) is 76.8 cm³/mol. The van der Waals surface area contributed by atoms with Crippen molar-refractivity contribution in [2.75, 3.05) is 7.11 Å². The summed E-state index contributed by atoms with van der Waals surface area (Å²) in [5.74, 6) is -0.803. The van der Waals surface area contributed by atoms with Gasteiger partial charge in [-0.05, 0) is 31.4 Å². The van der Waals surface area contributed by atoms with Crippen LogP contribution in [0.3, 0.4) is 0 Å². The highest BCUT2D eigenvalue weighted by Crippen LogP contribution is 2.50. The summed E-state index contributed by atoms with van der Waals surface area (Å²) in [4.78, 5) is 11.9. The molecule has 0 bridgehead atoms. The third kappa shape index (κ3) is 2.22. The van der Waals surface area contributed by atoms with E-state index >= 15 is 0 Å². The average Bonchev–Trinajstić information content (AvgIpc) is 2.44. The maximum Gasteiger partial charge on any atom is 0.314 e. The number of hydrogen-bond acceptors (Lipinski definition) is 3. The van der Waals surface area contributed by atoms with Crippen molar-refractivity contribution in [1.82, 2.24) is 0 Å². The van der Waals surface area contributed by atoms with Crippen LogP contribution in [0.25, 0.3) is 0 Å². The first-order valence-electron chi connectivity index (χ1n) is 6.74. The van der Waals surface area contributed by atoms with Crippen LogP contribution in [-0.2, 0) is 10.2 Å². The Morgan fingerprint density at radius 3 is 2.45 bits per heavy atom. The maximum atomic E-state index is 11.9. The number of carbonyl (C=O) groups is 1. The summed E-state index contributed by atoms with van der Waals surface area (Å²) in [6.07, 6.45) is 3.62. The molecule has 2 rings (SSSR count). The quantitative estimate of drug-likeness (QED) is 0.894. The molecule has 1 aromatic rings. The largest absolute Gasteiger partial charge is 0.504 e. The van der Waals surface area contributed by atoms with Gasteiger partial charge in [0.2, 0.25) is 0 Å². The van der Waals surface area contributed by atoms with E-state index in [2.05, 4.69) is 0 Å². The number of phenols is 1. The van der Waals surface area contributed by atoms with Gasteiger partial charge in [0.05, 0.1) is 17.5 Å². The molecule has 0 heterocycles. The van der Waals surface area contributed by atoms with E-state index in [1.165, 1.54) is 7.11 Å². The number of carboxylic acid groups (broad SMARTS) is 1. The zero-order valence-electron chi connectivity index (χ0n) is 11.7. The van der Waals surface area contributed by atoms with Gasteiger partial charge in [0, 0.05) is 5.56 Å². The van der Waals surface area contributed by atoms with Crippen molar-refractivity contribution in [3.8, 4) is 11.5 Å². The predicted octanol–water partition coefficient (Wildman–Crippen LogP) is 3.65. The number of phenolic OH excluding ortho intramolecular Hbond substituents is 1. The van der Waals surface area contributed by atoms with Crippen LogP contribution in [0.15, 0.2) is 6.07 Å². The van der Waals surface area contributed by atoms with Gasteiger partial charge in [-0.3, -0.25) is 4.79 Å². The molecule has 1 aliphatic rings. The molecule has 20 heavy (non-hydrogen) atoms. The molecule has 0 radical (unpaired) electrons. The summed E-state index contributed by atoms with van der Waals surface area (Å²) < 4.78 is 5.14. The molecule has 110 valence electrons. The van der Waals surface area contributed by atoms with Crippen LogP contribution in [0.5, 0.6) is 11.5 Å². The highest BCUT2D eigenvalue weighted by Gasteiger charge is 2.45. The van der Waals surface area contributed by atoms with Gasteiger partial charge in [0.25, 0.3) is 0 Å². The Morgan fingerprint density at radius 2 is 1.95 bits per heavy atom. The van der Waals surface area contributed by atoms with E-state index in [-0.39, 0.29) is 11.5 Å². The molecule has 0 spiro atoms. The van der Waals surface area contributed by atoms with Crippen molar-refractivity contribution >= 4 is 17.6 Å². The molecule has 0 aliphatic heterocycles. The topological polar surface area (TPSA) is 66.8 Å². The van der Waals surface area contributed by atoms with Crippen molar-refractivity contribution in [3.05, 3.63) is 22.2 Å². The van der Waals surface area contributed by atoms with Crippen LogP contribution >= 0.6 is 11.6 Å². The van der Waals surface area contributed by atoms with Gasteiger partial charge in [-0.15, -0.1) is 0 Å². The number of benzene rings is 1. The summed E-state index contributed by atoms with van der Waals surface area (Å²) in [5, 5.41) is 20.4. The van der Waals surface area contributed by atoms with Crippen LogP contribution < -0.4 is 4.74 Å². The van der Waals surface area contributed by atoms with E-state index in [0.29, 0.717) is 29.0 Å². The molecule has 0 aromatic heterocycles. The Hall–Kier alpha value is -1.42. The van der Waals surface area contributed by atoms with E-state index in [0.717, 1.165) is 19.3 Å². The third-order valence-corrected chi connectivity index (χ3v) is 4.69. The average molecular weight is 299 g/mol. The molecule has 5 heteroatoms. The fourth-order valence-electron chi connectivity index (χ4n) is 3.07. The number of aryl methyl sites for hydroxylation is 1. The van der Waals surface area contributed by atoms with Gasteiger partial charge >= 0.3 is 5.97 Å². The molecule has 1 aliphatic carbocycles. The fourth-order valence-corrected chi connectivity index (χ4v) is 3.40. The molecular weight excluding hydrogens is 280 g/mol. The summed E-state index contributed by atoms with van der Waals surface area (Å²) >= 11 is 6.32. The first-order chi connectivity index (χ1) is 9.44. The van der Waals surface area contributed by atoms with Gasteiger partial charge in [-0.25, -0.2) is 0 Å². The standard InChI is InChI=1S/C15H19ClO4/c1-9-8-10(20-2)13(17)11(12(9)16)15(14(18)19)6-4-3-5-7-15/h8,17H,3-7H2,1-2H3,(H,18,19). The minimum absolute atomic E-state index is 0.146. The number of ether oxygens (including phenoxy) is 1. The van der Waals surface area contributed by atoms with Crippen LogP contribution in [0.2, 0.25) is 5.02 Å². The normalized spacial score (nSPS) is 17.8. The molecule has 0 amide bonds. The lowest BCUT2D eigenvalue weighted by atomic mass is 9.68. The molecule has 0 saturated heterocycles. The summed E-state index contributed by atoms with van der Waals surface area (Å²) in [7, 11) is 1.44. The number of rotatable bonds is 3. The SMILES string of the molecule is COc1cc(C)c(Cl)c(C2(C(=O)O)CCCCC2)c1O. The Balaban J connectivity index is 2.70. The lowest BCUT2D eigenvalue weighted by Gasteiger charge is -2.35. The van der Waals surface area contributed by atoms with E-state index in [1.807, 2.05) is 0 Å². The zero-order valence-corrected chi connectivity index (χ0v) is 12.5. The molecule has 1 fully saturated rings. The van der Waals surface area contributed by atoms with Crippen LogP contribution in [-0.4, -0.2) is 23.3 Å². The van der Waals surface area contributed by atoms with Crippen molar-refractivity contribution in [3.63, 3.8) is 0 Å². The summed E-state index contributed by atoms with van der Waals surface area (Å²) in [6.45, 7) is 1.78. The van der Waals surface area contributed by atoms with Crippen LogP contribution in [0.4, 0.5) is 0 Å². The maximum absolute atomic E-state index is 11.9. The highest BCUT2D eigenvalue weighted by atomic mass is 35.5. The molecule has 1 aromatic carbocycles. The first kappa shape index (κ1) is 15.0. The van der Waals surface area contributed by atoms with Gasteiger partial charge in [0.1, 0.15) is 0 Å². The van der Waals surface area contributed by atoms with Gasteiger partial charge in [-0.1, -0.05) is 30.9 Å². The molecule has 0 unspecified atom stereocenters. The molecule has 4 nitrogen and oxygen atoms in total. The minimum atomic E-state index is -1.11. The number of aliphatic carboxylic acids is 1. The van der Waals surface area contributed by atoms with E-state index in [1.54, 1.807) is 13.0 Å². The molecule has 0 atom stereocenters. The van der Waals surface area contributed by atoms with Crippen molar-refractivity contribution in [2.24, 2.45) is 0 Å². The Morgan fingerprint density at radius 1 is 1.35 bits per heavy atom. The minimum Gasteiger partial charge on any atom is -0.504 e. The van der Waals surface area contributed by atoms with E-state index < -0.39 is 11.4 Å². The lowest BCUT2D eigenvalue weighted by Crippen LogP contribution is -2.38. The fraction of sp³-hybridized carbons (Fsp3) is 0.533. The number of carboxylic acids is 1. The smallest absolute Gasteiger partial charge is 0.314 e. The van der Waals surface area contributed by atoms with Crippen molar-refractivity contribution in [2.45, 2.75) is 44.4 Å². The summed E-state index contributed by atoms with van der Waals surface area (Å²) in [5.41, 5.74) is -0.0932. The molecule has 2 N–H and O–H groups in total. The third-order valence-electron chi connectivity index (χ3n) is 4.20. The van der Waals surface area contributed by atoms with Crippen LogP contribution in [0, 0.1) is 6.92 Å². The number of halogens is 1. The second kappa shape index (κ2) is 5.52. The molecule has 1 saturated carbocycles. The second-order valence-corrected chi connectivity index (χ2v) is 5.76. The highest BCUT2D eigenvalue weighted by molar-refractivity contribution is 6.32. The van der Waals surface area contributed by atoms with E-state index in [9.17, 15) is 15.0 Å².